The van der Waals surface area contributed by atoms with Crippen LogP contribution in [0, 0.1) is 6.92 Å². The molecule has 0 atom stereocenters. The van der Waals surface area contributed by atoms with Crippen LogP contribution in [0.4, 0.5) is 5.13 Å². The first kappa shape index (κ1) is 12.0. The van der Waals surface area contributed by atoms with Crippen molar-refractivity contribution in [3.05, 3.63) is 41.2 Å². The van der Waals surface area contributed by atoms with Gasteiger partial charge in [-0.3, -0.25) is 0 Å². The maximum absolute atomic E-state index is 4.48. The van der Waals surface area contributed by atoms with Crippen LogP contribution < -0.4 is 5.32 Å². The first-order chi connectivity index (χ1) is 8.15. The van der Waals surface area contributed by atoms with Gasteiger partial charge in [0.1, 0.15) is 5.82 Å². The molecule has 0 saturated heterocycles. The summed E-state index contributed by atoms with van der Waals surface area (Å²) in [6.45, 7) is 6.32. The monoisotopic (exact) mass is 247 g/mol. The molecular formula is C13H17N3S. The van der Waals surface area contributed by atoms with Gasteiger partial charge in [-0.15, -0.1) is 0 Å². The summed E-state index contributed by atoms with van der Waals surface area (Å²) in [6, 6.07) is 8.76. The summed E-state index contributed by atoms with van der Waals surface area (Å²) in [4.78, 5) is 4.48. The highest BCUT2D eigenvalue weighted by atomic mass is 32.1. The van der Waals surface area contributed by atoms with E-state index in [0.717, 1.165) is 17.4 Å². The maximum atomic E-state index is 4.48. The van der Waals surface area contributed by atoms with E-state index < -0.39 is 0 Å². The highest BCUT2D eigenvalue weighted by Crippen LogP contribution is 2.16. The normalized spacial score (nSPS) is 10.8. The molecule has 1 heterocycles. The number of hydrogen-bond donors (Lipinski definition) is 1. The van der Waals surface area contributed by atoms with Gasteiger partial charge in [0.05, 0.1) is 0 Å². The minimum absolute atomic E-state index is 0.397. The van der Waals surface area contributed by atoms with Gasteiger partial charge in [0.2, 0.25) is 5.13 Å². The molecule has 0 saturated carbocycles. The van der Waals surface area contributed by atoms with Crippen molar-refractivity contribution in [3.8, 4) is 0 Å². The fraction of sp³-hybridized carbons (Fsp3) is 0.385. The molecule has 2 rings (SSSR count). The molecule has 0 radical (unpaired) electrons. The molecule has 17 heavy (non-hydrogen) atoms. The van der Waals surface area contributed by atoms with E-state index >= 15 is 0 Å². The van der Waals surface area contributed by atoms with Gasteiger partial charge in [-0.05, 0) is 31.9 Å². The van der Waals surface area contributed by atoms with Gasteiger partial charge < -0.3 is 5.32 Å². The van der Waals surface area contributed by atoms with Crippen LogP contribution in [0.25, 0.3) is 0 Å². The van der Waals surface area contributed by atoms with Crippen LogP contribution >= 0.6 is 11.5 Å². The minimum atomic E-state index is 0.397. The Morgan fingerprint density at radius 3 is 2.76 bits per heavy atom. The zero-order valence-corrected chi connectivity index (χ0v) is 11.2. The lowest BCUT2D eigenvalue weighted by atomic mass is 10.1. The molecule has 0 unspecified atom stereocenters. The van der Waals surface area contributed by atoms with Gasteiger partial charge in [0, 0.05) is 24.0 Å². The Bertz CT molecular complexity index is 491. The van der Waals surface area contributed by atoms with Crippen LogP contribution in [0.2, 0.25) is 0 Å². The Morgan fingerprint density at radius 1 is 1.29 bits per heavy atom. The number of hydrogen-bond acceptors (Lipinski definition) is 4. The van der Waals surface area contributed by atoms with Crippen molar-refractivity contribution in [2.75, 3.05) is 5.32 Å². The summed E-state index contributed by atoms with van der Waals surface area (Å²) < 4.78 is 4.37. The second-order valence-electron chi connectivity index (χ2n) is 4.42. The fourth-order valence-corrected chi connectivity index (χ4v) is 2.34. The summed E-state index contributed by atoms with van der Waals surface area (Å²) in [5, 5.41) is 4.18. The lowest BCUT2D eigenvalue weighted by molar-refractivity contribution is 0.891. The zero-order valence-electron chi connectivity index (χ0n) is 10.4. The molecule has 1 N–H and O–H groups in total. The van der Waals surface area contributed by atoms with Crippen molar-refractivity contribution >= 4 is 16.7 Å². The van der Waals surface area contributed by atoms with E-state index in [1.54, 1.807) is 0 Å². The van der Waals surface area contributed by atoms with Gasteiger partial charge in [0.25, 0.3) is 0 Å². The van der Waals surface area contributed by atoms with E-state index in [1.165, 1.54) is 22.7 Å². The van der Waals surface area contributed by atoms with Crippen molar-refractivity contribution in [1.82, 2.24) is 9.36 Å². The summed E-state index contributed by atoms with van der Waals surface area (Å²) in [6.07, 6.45) is 0.808. The molecule has 0 aliphatic heterocycles. The topological polar surface area (TPSA) is 37.8 Å². The van der Waals surface area contributed by atoms with Gasteiger partial charge in [0.15, 0.2) is 0 Å². The molecule has 90 valence electrons. The molecule has 0 fully saturated rings. The van der Waals surface area contributed by atoms with Crippen LogP contribution in [-0.2, 0) is 6.42 Å². The second-order valence-corrected chi connectivity index (χ2v) is 5.17. The Labute approximate surface area is 106 Å². The average molecular weight is 247 g/mol. The molecular weight excluding hydrogens is 230 g/mol. The molecule has 0 amide bonds. The SMILES string of the molecule is Cc1ccccc1Cc1nsc(NC(C)C)n1. The average Bonchev–Trinajstić information content (AvgIpc) is 2.68. The highest BCUT2D eigenvalue weighted by Gasteiger charge is 2.06. The third-order valence-corrected chi connectivity index (χ3v) is 3.17. The van der Waals surface area contributed by atoms with Crippen molar-refractivity contribution in [2.45, 2.75) is 33.2 Å². The predicted molar refractivity (Wildman–Crippen MR) is 72.7 cm³/mol. The first-order valence-electron chi connectivity index (χ1n) is 5.79. The van der Waals surface area contributed by atoms with Crippen LogP contribution in [-0.4, -0.2) is 15.4 Å². The van der Waals surface area contributed by atoms with Crippen LogP contribution in [0.15, 0.2) is 24.3 Å². The molecule has 0 bridgehead atoms. The van der Waals surface area contributed by atoms with Crippen molar-refractivity contribution < 1.29 is 0 Å². The number of benzene rings is 1. The number of nitrogens with zero attached hydrogens (tertiary/aromatic N) is 2. The number of nitrogens with one attached hydrogen (secondary N) is 1. The first-order valence-corrected chi connectivity index (χ1v) is 6.56. The maximum Gasteiger partial charge on any atom is 0.202 e. The Kier molecular flexibility index (Phi) is 3.74. The van der Waals surface area contributed by atoms with E-state index in [4.69, 9.17) is 0 Å². The number of aryl methyl sites for hydroxylation is 1. The Balaban J connectivity index is 2.09. The van der Waals surface area contributed by atoms with E-state index in [-0.39, 0.29) is 0 Å². The third kappa shape index (κ3) is 3.27. The number of anilines is 1. The minimum Gasteiger partial charge on any atom is -0.358 e. The van der Waals surface area contributed by atoms with E-state index in [0.29, 0.717) is 6.04 Å². The molecule has 3 nitrogen and oxygen atoms in total. The van der Waals surface area contributed by atoms with Gasteiger partial charge >= 0.3 is 0 Å². The smallest absolute Gasteiger partial charge is 0.202 e. The van der Waals surface area contributed by atoms with E-state index in [2.05, 4.69) is 59.7 Å². The second kappa shape index (κ2) is 5.27. The number of rotatable bonds is 4. The van der Waals surface area contributed by atoms with Crippen molar-refractivity contribution in [2.24, 2.45) is 0 Å². The molecule has 1 aromatic heterocycles. The molecule has 0 aliphatic carbocycles. The van der Waals surface area contributed by atoms with Crippen LogP contribution in [0.3, 0.4) is 0 Å². The van der Waals surface area contributed by atoms with Crippen LogP contribution in [0.1, 0.15) is 30.8 Å². The largest absolute Gasteiger partial charge is 0.358 e. The molecule has 0 spiro atoms. The quantitative estimate of drug-likeness (QED) is 0.901. The number of aromatic nitrogens is 2. The lowest BCUT2D eigenvalue weighted by Crippen LogP contribution is -2.09. The lowest BCUT2D eigenvalue weighted by Gasteiger charge is -2.04. The van der Waals surface area contributed by atoms with Gasteiger partial charge in [-0.1, -0.05) is 24.3 Å². The Morgan fingerprint density at radius 2 is 2.06 bits per heavy atom. The van der Waals surface area contributed by atoms with E-state index in [9.17, 15) is 0 Å². The molecule has 2 aromatic rings. The molecule has 4 heteroatoms. The van der Waals surface area contributed by atoms with E-state index in [1.807, 2.05) is 0 Å². The standard InChI is InChI=1S/C13H17N3S/c1-9(2)14-13-15-12(16-17-13)8-11-7-5-4-6-10(11)3/h4-7,9H,8H2,1-3H3,(H,14,15,16). The third-order valence-electron chi connectivity index (χ3n) is 2.49. The van der Waals surface area contributed by atoms with Crippen molar-refractivity contribution in [3.63, 3.8) is 0 Å². The predicted octanol–water partition coefficient (Wildman–Crippen LogP) is 3.26. The fourth-order valence-electron chi connectivity index (χ4n) is 1.61. The van der Waals surface area contributed by atoms with Gasteiger partial charge in [-0.2, -0.15) is 4.37 Å². The molecule has 0 aliphatic rings. The van der Waals surface area contributed by atoms with Crippen molar-refractivity contribution in [1.29, 1.82) is 0 Å². The summed E-state index contributed by atoms with van der Waals surface area (Å²) in [5.74, 6) is 0.896. The highest BCUT2D eigenvalue weighted by molar-refractivity contribution is 7.09. The summed E-state index contributed by atoms with van der Waals surface area (Å²) in [7, 11) is 0. The van der Waals surface area contributed by atoms with Crippen LogP contribution in [0.5, 0.6) is 0 Å². The van der Waals surface area contributed by atoms with Gasteiger partial charge in [-0.25, -0.2) is 4.98 Å². The molecule has 1 aromatic carbocycles. The summed E-state index contributed by atoms with van der Waals surface area (Å²) in [5.41, 5.74) is 2.59. The Hall–Kier alpha value is -1.42. The zero-order chi connectivity index (χ0) is 12.3. The summed E-state index contributed by atoms with van der Waals surface area (Å²) >= 11 is 1.43.